The van der Waals surface area contributed by atoms with E-state index in [4.69, 9.17) is 9.47 Å². The van der Waals surface area contributed by atoms with E-state index in [2.05, 4.69) is 10.3 Å². The molecule has 2 aliphatic carbocycles. The molecule has 0 saturated heterocycles. The van der Waals surface area contributed by atoms with E-state index in [1.54, 1.807) is 25.3 Å². The Morgan fingerprint density at radius 3 is 2.83 bits per heavy atom. The summed E-state index contributed by atoms with van der Waals surface area (Å²) in [5.74, 6) is 2.67. The molecule has 24 heavy (non-hydrogen) atoms. The fourth-order valence-electron chi connectivity index (χ4n) is 4.23. The lowest BCUT2D eigenvalue weighted by Crippen LogP contribution is -2.47. The number of methoxy groups -OCH3 is 1. The smallest absolute Gasteiger partial charge is 0.343 e. The van der Waals surface area contributed by atoms with Crippen LogP contribution in [0.15, 0.2) is 23.2 Å². The maximum absolute atomic E-state index is 11.5. The summed E-state index contributed by atoms with van der Waals surface area (Å²) in [6.07, 6.45) is 6.75. The highest BCUT2D eigenvalue weighted by atomic mass is 16.5. The van der Waals surface area contributed by atoms with Crippen molar-refractivity contribution in [2.45, 2.75) is 43.9 Å². The first-order valence-electron chi connectivity index (χ1n) is 8.49. The minimum absolute atomic E-state index is 0.213. The second-order valence-corrected chi connectivity index (χ2v) is 7.00. The number of ether oxygens (including phenoxy) is 2. The molecule has 6 nitrogen and oxygen atoms in total. The Labute approximate surface area is 140 Å². The number of benzene rings is 1. The van der Waals surface area contributed by atoms with Crippen LogP contribution in [0.4, 0.5) is 4.79 Å². The van der Waals surface area contributed by atoms with E-state index in [0.717, 1.165) is 12.3 Å². The van der Waals surface area contributed by atoms with Gasteiger partial charge >= 0.3 is 6.03 Å². The average molecular weight is 330 g/mol. The Hall–Kier alpha value is -2.08. The van der Waals surface area contributed by atoms with Gasteiger partial charge < -0.3 is 19.9 Å². The lowest BCUT2D eigenvalue weighted by Gasteiger charge is -2.31. The van der Waals surface area contributed by atoms with Crippen molar-refractivity contribution in [3.05, 3.63) is 23.8 Å². The monoisotopic (exact) mass is 330 g/mol. The molecule has 0 radical (unpaired) electrons. The Kier molecular flexibility index (Phi) is 3.72. The number of fused-ring (bicyclic) bond motifs is 2. The summed E-state index contributed by atoms with van der Waals surface area (Å²) in [6.45, 7) is 0. The average Bonchev–Trinajstić information content (AvgIpc) is 3.17. The van der Waals surface area contributed by atoms with E-state index < -0.39 is 11.8 Å². The molecule has 2 fully saturated rings. The number of amides is 2. The first-order chi connectivity index (χ1) is 11.6. The van der Waals surface area contributed by atoms with Crippen LogP contribution >= 0.6 is 0 Å². The molecule has 2 N–H and O–H groups in total. The predicted octanol–water partition coefficient (Wildman–Crippen LogP) is 2.59. The van der Waals surface area contributed by atoms with E-state index >= 15 is 0 Å². The number of rotatable bonds is 4. The summed E-state index contributed by atoms with van der Waals surface area (Å²) in [6, 6.07) is 4.74. The van der Waals surface area contributed by atoms with E-state index in [-0.39, 0.29) is 12.5 Å². The lowest BCUT2D eigenvalue weighted by molar-refractivity contribution is 0.0186. The summed E-state index contributed by atoms with van der Waals surface area (Å²) in [5.41, 5.74) is -0.890. The zero-order valence-electron chi connectivity index (χ0n) is 13.7. The Balaban J connectivity index is 1.61. The van der Waals surface area contributed by atoms with Gasteiger partial charge in [-0.05, 0) is 49.7 Å². The minimum atomic E-state index is -1.46. The van der Waals surface area contributed by atoms with Gasteiger partial charge in [0.15, 0.2) is 17.2 Å². The first kappa shape index (κ1) is 15.4. The van der Waals surface area contributed by atoms with Crippen molar-refractivity contribution in [1.82, 2.24) is 5.32 Å². The number of nitrogens with one attached hydrogen (secondary N) is 1. The van der Waals surface area contributed by atoms with Crippen LogP contribution in [0.1, 0.15) is 37.7 Å². The van der Waals surface area contributed by atoms with Crippen LogP contribution in [0.5, 0.6) is 11.5 Å². The molecular weight excluding hydrogens is 308 g/mol. The second-order valence-electron chi connectivity index (χ2n) is 7.00. The quantitative estimate of drug-likeness (QED) is 0.889. The molecule has 0 aromatic heterocycles. The van der Waals surface area contributed by atoms with Gasteiger partial charge in [0.1, 0.15) is 6.10 Å². The van der Waals surface area contributed by atoms with Crippen molar-refractivity contribution in [3.63, 3.8) is 0 Å². The van der Waals surface area contributed by atoms with Gasteiger partial charge in [-0.2, -0.15) is 0 Å². The van der Waals surface area contributed by atoms with Crippen LogP contribution in [-0.2, 0) is 5.72 Å². The third-order valence-corrected chi connectivity index (χ3v) is 5.50. The maximum atomic E-state index is 11.5. The highest BCUT2D eigenvalue weighted by molar-refractivity contribution is 5.87. The highest BCUT2D eigenvalue weighted by Crippen LogP contribution is 2.47. The standard InChI is InChI=1S/C18H22N2O4/c1-23-14-5-4-13(18(22)6-7-19-17(21)20-18)10-16(14)24-15-9-11-2-3-12(15)8-11/h4-5,7,10-12,15,22H,2-3,6,8-9H2,1H3,(H,20,21). The second kappa shape index (κ2) is 5.77. The number of nitrogens with zero attached hydrogens (tertiary/aromatic N) is 1. The number of urea groups is 1. The van der Waals surface area contributed by atoms with Gasteiger partial charge in [-0.15, -0.1) is 0 Å². The Bertz CT molecular complexity index is 690. The topological polar surface area (TPSA) is 80.2 Å². The maximum Gasteiger partial charge on any atom is 0.343 e. The molecule has 2 saturated carbocycles. The van der Waals surface area contributed by atoms with Crippen molar-refractivity contribution in [2.24, 2.45) is 16.8 Å². The van der Waals surface area contributed by atoms with Crippen LogP contribution in [0, 0.1) is 11.8 Å². The summed E-state index contributed by atoms with van der Waals surface area (Å²) in [4.78, 5) is 15.1. The summed E-state index contributed by atoms with van der Waals surface area (Å²) < 4.78 is 11.7. The molecule has 1 heterocycles. The first-order valence-corrected chi connectivity index (χ1v) is 8.49. The summed E-state index contributed by atoms with van der Waals surface area (Å²) in [7, 11) is 1.60. The van der Waals surface area contributed by atoms with Crippen LogP contribution in [-0.4, -0.2) is 30.6 Å². The van der Waals surface area contributed by atoms with Gasteiger partial charge in [0.2, 0.25) is 0 Å². The lowest BCUT2D eigenvalue weighted by atomic mass is 9.97. The van der Waals surface area contributed by atoms with Crippen LogP contribution < -0.4 is 14.8 Å². The fourth-order valence-corrected chi connectivity index (χ4v) is 4.23. The molecule has 0 spiro atoms. The molecule has 4 atom stereocenters. The minimum Gasteiger partial charge on any atom is -0.493 e. The third-order valence-electron chi connectivity index (χ3n) is 5.50. The Morgan fingerprint density at radius 2 is 2.17 bits per heavy atom. The van der Waals surface area contributed by atoms with Crippen LogP contribution in [0.2, 0.25) is 0 Å². The summed E-state index contributed by atoms with van der Waals surface area (Å²) >= 11 is 0. The van der Waals surface area contributed by atoms with E-state index in [1.165, 1.54) is 25.5 Å². The predicted molar refractivity (Wildman–Crippen MR) is 88.4 cm³/mol. The fraction of sp³-hybridized carbons (Fsp3) is 0.556. The third kappa shape index (κ3) is 2.65. The molecule has 3 aliphatic rings. The van der Waals surface area contributed by atoms with E-state index in [0.29, 0.717) is 23.0 Å². The van der Waals surface area contributed by atoms with Gasteiger partial charge in [0, 0.05) is 18.2 Å². The molecule has 128 valence electrons. The molecule has 6 heteroatoms. The molecule has 4 unspecified atom stereocenters. The van der Waals surface area contributed by atoms with Gasteiger partial charge in [-0.25, -0.2) is 9.79 Å². The SMILES string of the molecule is COc1ccc(C2(O)CC=NC(=O)N2)cc1OC1CC2CCC1C2. The number of aliphatic imine (C=N–C) groups is 1. The molecule has 1 aliphatic heterocycles. The van der Waals surface area contributed by atoms with Gasteiger partial charge in [-0.1, -0.05) is 6.07 Å². The van der Waals surface area contributed by atoms with Crippen molar-refractivity contribution in [1.29, 1.82) is 0 Å². The van der Waals surface area contributed by atoms with Gasteiger partial charge in [0.05, 0.1) is 7.11 Å². The highest BCUT2D eigenvalue weighted by Gasteiger charge is 2.41. The number of hydrogen-bond donors (Lipinski definition) is 2. The number of aliphatic hydroxyl groups is 1. The zero-order chi connectivity index (χ0) is 16.7. The van der Waals surface area contributed by atoms with Crippen molar-refractivity contribution < 1.29 is 19.4 Å². The largest absolute Gasteiger partial charge is 0.493 e. The van der Waals surface area contributed by atoms with Crippen molar-refractivity contribution >= 4 is 12.2 Å². The Morgan fingerprint density at radius 1 is 1.29 bits per heavy atom. The molecule has 1 aromatic rings. The van der Waals surface area contributed by atoms with E-state index in [9.17, 15) is 9.90 Å². The molecule has 4 rings (SSSR count). The molecular formula is C18H22N2O4. The molecule has 2 bridgehead atoms. The number of carbonyl (C=O) groups is 1. The molecule has 2 amide bonds. The molecule has 1 aromatic carbocycles. The number of carbonyl (C=O) groups excluding carboxylic acids is 1. The van der Waals surface area contributed by atoms with Gasteiger partial charge in [-0.3, -0.25) is 0 Å². The van der Waals surface area contributed by atoms with Crippen molar-refractivity contribution in [3.8, 4) is 11.5 Å². The summed E-state index contributed by atoms with van der Waals surface area (Å²) in [5, 5.41) is 13.3. The van der Waals surface area contributed by atoms with Crippen molar-refractivity contribution in [2.75, 3.05) is 7.11 Å². The zero-order valence-corrected chi connectivity index (χ0v) is 13.7. The van der Waals surface area contributed by atoms with Crippen LogP contribution in [0.3, 0.4) is 0 Å². The van der Waals surface area contributed by atoms with Crippen LogP contribution in [0.25, 0.3) is 0 Å². The number of hydrogen-bond acceptors (Lipinski definition) is 4. The normalized spacial score (nSPS) is 34.2. The van der Waals surface area contributed by atoms with Gasteiger partial charge in [0.25, 0.3) is 0 Å². The van der Waals surface area contributed by atoms with E-state index in [1.807, 2.05) is 0 Å².